The summed E-state index contributed by atoms with van der Waals surface area (Å²) in [6.07, 6.45) is 2.50. The Kier molecular flexibility index (Phi) is 5.07. The fraction of sp³-hybridized carbons (Fsp3) is 0.133. The molecule has 0 spiro atoms. The Hall–Kier alpha value is -2.66. The van der Waals surface area contributed by atoms with Gasteiger partial charge in [-0.15, -0.1) is 0 Å². The number of methoxy groups -OCH3 is 1. The summed E-state index contributed by atoms with van der Waals surface area (Å²) >= 11 is 5.83. The lowest BCUT2D eigenvalue weighted by atomic mass is 10.2. The van der Waals surface area contributed by atoms with Gasteiger partial charge in [-0.2, -0.15) is 13.9 Å². The van der Waals surface area contributed by atoms with Crippen LogP contribution in [0.15, 0.2) is 41.6 Å². The molecule has 0 atom stereocenters. The second-order valence-electron chi connectivity index (χ2n) is 5.15. The lowest BCUT2D eigenvalue weighted by Crippen LogP contribution is -2.14. The number of aromatic nitrogens is 2. The number of halogens is 4. The Morgan fingerprint density at radius 2 is 2.00 bits per heavy atom. The van der Waals surface area contributed by atoms with Gasteiger partial charge >= 0.3 is 6.61 Å². The molecule has 3 rings (SSSR count). The van der Waals surface area contributed by atoms with Crippen molar-refractivity contribution in [3.8, 4) is 11.5 Å². The highest BCUT2D eigenvalue weighted by Gasteiger charge is 2.23. The van der Waals surface area contributed by atoms with E-state index in [1.54, 1.807) is 0 Å². The van der Waals surface area contributed by atoms with Gasteiger partial charge in [-0.3, -0.25) is 4.72 Å². The molecule has 27 heavy (non-hydrogen) atoms. The normalized spacial score (nSPS) is 11.8. The second-order valence-corrected chi connectivity index (χ2v) is 7.24. The van der Waals surface area contributed by atoms with Crippen LogP contribution in [0.25, 0.3) is 5.52 Å². The van der Waals surface area contributed by atoms with Gasteiger partial charge in [0, 0.05) is 18.3 Å². The summed E-state index contributed by atoms with van der Waals surface area (Å²) in [5.74, 6) is -2.19. The minimum Gasteiger partial charge on any atom is -0.494 e. The molecule has 7 nitrogen and oxygen atoms in total. The molecule has 1 N–H and O–H groups in total. The van der Waals surface area contributed by atoms with Crippen LogP contribution in [0.4, 0.5) is 18.9 Å². The fourth-order valence-electron chi connectivity index (χ4n) is 2.31. The van der Waals surface area contributed by atoms with Crippen molar-refractivity contribution in [3.63, 3.8) is 0 Å². The van der Waals surface area contributed by atoms with Crippen molar-refractivity contribution < 1.29 is 31.1 Å². The number of nitrogens with one attached hydrogen (secondary N) is 1. The average Bonchev–Trinajstić information content (AvgIpc) is 3.00. The Morgan fingerprint density at radius 1 is 1.26 bits per heavy atom. The molecule has 0 amide bonds. The fourth-order valence-corrected chi connectivity index (χ4v) is 3.65. The Morgan fingerprint density at radius 3 is 2.67 bits per heavy atom. The second kappa shape index (κ2) is 7.16. The van der Waals surface area contributed by atoms with Crippen molar-refractivity contribution in [2.75, 3.05) is 11.8 Å². The summed E-state index contributed by atoms with van der Waals surface area (Å²) < 4.78 is 76.3. The van der Waals surface area contributed by atoms with E-state index in [9.17, 15) is 21.6 Å². The molecule has 0 fully saturated rings. The number of alkyl halides is 2. The lowest BCUT2D eigenvalue weighted by Gasteiger charge is -2.14. The SMILES string of the molecule is COc1cc(OC(F)F)c(F)cc1NS(=O)(=O)c1cnn2cc(Cl)ccc12. The molecule has 3 aromatic rings. The van der Waals surface area contributed by atoms with E-state index in [1.165, 1.54) is 22.8 Å². The first-order valence-corrected chi connectivity index (χ1v) is 9.05. The van der Waals surface area contributed by atoms with Crippen molar-refractivity contribution in [1.82, 2.24) is 9.61 Å². The third kappa shape index (κ3) is 3.88. The molecular formula is C15H11ClF3N3O4S. The van der Waals surface area contributed by atoms with Crippen molar-refractivity contribution in [2.45, 2.75) is 11.5 Å². The van der Waals surface area contributed by atoms with Gasteiger partial charge in [0.15, 0.2) is 11.6 Å². The number of nitrogens with zero attached hydrogens (tertiary/aromatic N) is 2. The minimum atomic E-state index is -4.21. The Bertz CT molecular complexity index is 1110. The van der Waals surface area contributed by atoms with E-state index in [4.69, 9.17) is 16.3 Å². The van der Waals surface area contributed by atoms with Gasteiger partial charge in [-0.1, -0.05) is 11.6 Å². The smallest absolute Gasteiger partial charge is 0.387 e. The summed E-state index contributed by atoms with van der Waals surface area (Å²) in [5, 5.41) is 4.25. The predicted molar refractivity (Wildman–Crippen MR) is 90.6 cm³/mol. The summed E-state index contributed by atoms with van der Waals surface area (Å²) in [7, 11) is -3.05. The summed E-state index contributed by atoms with van der Waals surface area (Å²) in [6.45, 7) is -3.25. The number of hydrogen-bond acceptors (Lipinski definition) is 5. The first kappa shape index (κ1) is 19.1. The maximum Gasteiger partial charge on any atom is 0.387 e. The standard InChI is InChI=1S/C15H11ClF3N3O4S/c1-25-13-5-12(26-15(18)19)9(17)4-10(13)21-27(23,24)14-6-20-22-7-8(16)2-3-11(14)22/h2-7,15,21H,1H3. The largest absolute Gasteiger partial charge is 0.494 e. The van der Waals surface area contributed by atoms with Crippen LogP contribution >= 0.6 is 11.6 Å². The molecule has 0 aliphatic rings. The number of anilines is 1. The number of ether oxygens (including phenoxy) is 2. The lowest BCUT2D eigenvalue weighted by molar-refractivity contribution is -0.0522. The van der Waals surface area contributed by atoms with Crippen LogP contribution in [0.1, 0.15) is 0 Å². The highest BCUT2D eigenvalue weighted by atomic mass is 35.5. The number of sulfonamides is 1. The maximum atomic E-state index is 14.0. The molecule has 0 saturated carbocycles. The topological polar surface area (TPSA) is 81.9 Å². The highest BCUT2D eigenvalue weighted by Crippen LogP contribution is 2.34. The van der Waals surface area contributed by atoms with E-state index in [2.05, 4.69) is 14.6 Å². The number of pyridine rings is 1. The van der Waals surface area contributed by atoms with Crippen LogP contribution in [0, 0.1) is 5.82 Å². The molecule has 0 unspecified atom stereocenters. The number of hydrogen-bond donors (Lipinski definition) is 1. The molecule has 0 radical (unpaired) electrons. The van der Waals surface area contributed by atoms with Gasteiger partial charge in [-0.25, -0.2) is 17.3 Å². The molecule has 144 valence electrons. The third-order valence-corrected chi connectivity index (χ3v) is 5.05. The van der Waals surface area contributed by atoms with Crippen LogP contribution in [0.3, 0.4) is 0 Å². The molecule has 0 aliphatic heterocycles. The first-order valence-electron chi connectivity index (χ1n) is 7.19. The van der Waals surface area contributed by atoms with Gasteiger partial charge < -0.3 is 9.47 Å². The number of benzene rings is 1. The summed E-state index contributed by atoms with van der Waals surface area (Å²) in [6, 6.07) is 4.42. The monoisotopic (exact) mass is 421 g/mol. The molecular weight excluding hydrogens is 411 g/mol. The number of fused-ring (bicyclic) bond motifs is 1. The minimum absolute atomic E-state index is 0.200. The van der Waals surface area contributed by atoms with Crippen LogP contribution in [0.2, 0.25) is 5.02 Å². The summed E-state index contributed by atoms with van der Waals surface area (Å²) in [5.41, 5.74) is -0.0751. The van der Waals surface area contributed by atoms with Crippen LogP contribution in [-0.2, 0) is 10.0 Å². The van der Waals surface area contributed by atoms with Crippen molar-refractivity contribution >= 4 is 32.8 Å². The zero-order valence-electron chi connectivity index (χ0n) is 13.5. The molecule has 2 heterocycles. The van der Waals surface area contributed by atoms with E-state index < -0.39 is 28.2 Å². The van der Waals surface area contributed by atoms with E-state index >= 15 is 0 Å². The predicted octanol–water partition coefficient (Wildman–Crippen LogP) is 3.54. The van der Waals surface area contributed by atoms with Crippen molar-refractivity contribution in [1.29, 1.82) is 0 Å². The highest BCUT2D eigenvalue weighted by molar-refractivity contribution is 7.93. The van der Waals surface area contributed by atoms with Crippen molar-refractivity contribution in [3.05, 3.63) is 47.5 Å². The van der Waals surface area contributed by atoms with Crippen LogP contribution < -0.4 is 14.2 Å². The Labute approximate surface area is 156 Å². The zero-order valence-corrected chi connectivity index (χ0v) is 15.1. The van der Waals surface area contributed by atoms with E-state index in [1.807, 2.05) is 0 Å². The maximum absolute atomic E-state index is 14.0. The van der Waals surface area contributed by atoms with E-state index in [0.29, 0.717) is 11.1 Å². The molecule has 1 aromatic carbocycles. The first-order chi connectivity index (χ1) is 12.7. The number of rotatable bonds is 6. The van der Waals surface area contributed by atoms with Gasteiger partial charge in [0.2, 0.25) is 0 Å². The van der Waals surface area contributed by atoms with Gasteiger partial charge in [0.05, 0.1) is 29.5 Å². The van der Waals surface area contributed by atoms with E-state index in [0.717, 1.165) is 19.4 Å². The van der Waals surface area contributed by atoms with Crippen LogP contribution in [-0.4, -0.2) is 31.8 Å². The van der Waals surface area contributed by atoms with Crippen LogP contribution in [0.5, 0.6) is 11.5 Å². The molecule has 2 aromatic heterocycles. The molecule has 12 heteroatoms. The molecule has 0 bridgehead atoms. The zero-order chi connectivity index (χ0) is 19.8. The summed E-state index contributed by atoms with van der Waals surface area (Å²) in [4.78, 5) is -0.200. The quantitative estimate of drug-likeness (QED) is 0.658. The van der Waals surface area contributed by atoms with Gasteiger partial charge in [0.1, 0.15) is 10.6 Å². The Balaban J connectivity index is 2.01. The molecule has 0 aliphatic carbocycles. The van der Waals surface area contributed by atoms with E-state index in [-0.39, 0.29) is 21.8 Å². The van der Waals surface area contributed by atoms with Gasteiger partial charge in [-0.05, 0) is 12.1 Å². The molecule has 0 saturated heterocycles. The van der Waals surface area contributed by atoms with Crippen molar-refractivity contribution in [2.24, 2.45) is 0 Å². The van der Waals surface area contributed by atoms with Gasteiger partial charge in [0.25, 0.3) is 10.0 Å². The average molecular weight is 422 g/mol. The third-order valence-electron chi connectivity index (χ3n) is 3.45.